The fourth-order valence-corrected chi connectivity index (χ4v) is 5.28. The molecule has 4 heteroatoms. The Hall–Kier alpha value is -2.62. The molecule has 5 rings (SSSR count). The normalized spacial score (nSPS) is 22.3. The zero-order valence-electron chi connectivity index (χ0n) is 17.1. The Morgan fingerprint density at radius 3 is 2.66 bits per heavy atom. The van der Waals surface area contributed by atoms with E-state index in [1.54, 1.807) is 6.07 Å². The summed E-state index contributed by atoms with van der Waals surface area (Å²) in [5, 5.41) is 0.511. The summed E-state index contributed by atoms with van der Waals surface area (Å²) in [4.78, 5) is 17.2. The molecule has 3 nitrogen and oxygen atoms in total. The van der Waals surface area contributed by atoms with Crippen LogP contribution in [0, 0.1) is 5.92 Å². The van der Waals surface area contributed by atoms with Gasteiger partial charge in [-0.2, -0.15) is 4.98 Å². The molecule has 0 unspecified atom stereocenters. The monoisotopic (exact) mass is 380 g/mol. The van der Waals surface area contributed by atoms with Gasteiger partial charge in [0.1, 0.15) is 13.7 Å². The van der Waals surface area contributed by atoms with Gasteiger partial charge < -0.3 is 0 Å². The molecule has 0 N–H and O–H groups in total. The highest BCUT2D eigenvalue weighted by Crippen LogP contribution is 2.45. The molecule has 0 bridgehead atoms. The van der Waals surface area contributed by atoms with E-state index in [0.717, 1.165) is 17.0 Å². The van der Waals surface area contributed by atoms with Gasteiger partial charge in [0.15, 0.2) is 0 Å². The Kier molecular flexibility index (Phi) is 4.09. The molecule has 1 saturated carbocycles. The molecule has 144 valence electrons. The van der Waals surface area contributed by atoms with Crippen LogP contribution in [0.3, 0.4) is 0 Å². The summed E-state index contributed by atoms with van der Waals surface area (Å²) in [6, 6.07) is 12.5. The molecule has 1 aliphatic carbocycles. The van der Waals surface area contributed by atoms with Crippen LogP contribution < -0.4 is 11.0 Å². The van der Waals surface area contributed by atoms with Gasteiger partial charge in [-0.1, -0.05) is 35.8 Å². The van der Waals surface area contributed by atoms with Gasteiger partial charge in [0.25, 0.3) is 5.56 Å². The highest BCUT2D eigenvalue weighted by atomic mass is 16.1. The summed E-state index contributed by atoms with van der Waals surface area (Å²) in [5.41, 5.74) is 4.49. The summed E-state index contributed by atoms with van der Waals surface area (Å²) in [7, 11) is 6.15. The molecule has 0 saturated heterocycles. The molecular formula is C25H25BN2O. The van der Waals surface area contributed by atoms with E-state index < -0.39 is 0 Å². The lowest BCUT2D eigenvalue weighted by atomic mass is 9.77. The first kappa shape index (κ1) is 18.4. The van der Waals surface area contributed by atoms with Gasteiger partial charge in [-0.05, 0) is 74.6 Å². The molecule has 2 aromatic carbocycles. The standard InChI is InChI=1S/C25H25BN2O/c1-4-15-8-10-16(11-9-15)17-12-13-18-21(14-17)28-20-7-5-6-19(26)22(20)23(29)27-24(28)25(18,2)3/h4-7,12-16H,1,8-11H2,2-3H3. The van der Waals surface area contributed by atoms with Crippen LogP contribution in [-0.2, 0) is 5.41 Å². The highest BCUT2D eigenvalue weighted by molar-refractivity contribution is 6.38. The summed E-state index contributed by atoms with van der Waals surface area (Å²) < 4.78 is 2.15. The van der Waals surface area contributed by atoms with Crippen molar-refractivity contribution in [2.45, 2.75) is 50.9 Å². The molecule has 0 spiro atoms. The van der Waals surface area contributed by atoms with Crippen molar-refractivity contribution in [3.8, 4) is 5.69 Å². The number of hydrogen-bond donors (Lipinski definition) is 0. The quantitative estimate of drug-likeness (QED) is 0.491. The van der Waals surface area contributed by atoms with E-state index in [1.165, 1.54) is 36.8 Å². The maximum absolute atomic E-state index is 12.8. The third-order valence-corrected chi connectivity index (χ3v) is 7.02. The Balaban J connectivity index is 1.71. The molecule has 0 amide bonds. The van der Waals surface area contributed by atoms with Crippen molar-refractivity contribution in [3.05, 3.63) is 76.4 Å². The predicted octanol–water partition coefficient (Wildman–Crippen LogP) is 4.28. The van der Waals surface area contributed by atoms with E-state index in [0.29, 0.717) is 22.7 Å². The predicted molar refractivity (Wildman–Crippen MR) is 120 cm³/mol. The molecule has 2 aliphatic rings. The van der Waals surface area contributed by atoms with Crippen LogP contribution in [-0.4, -0.2) is 17.4 Å². The first-order chi connectivity index (χ1) is 13.9. The van der Waals surface area contributed by atoms with E-state index in [4.69, 9.17) is 7.85 Å². The van der Waals surface area contributed by atoms with Crippen LogP contribution in [0.4, 0.5) is 0 Å². The largest absolute Gasteiger partial charge is 0.297 e. The molecule has 0 atom stereocenters. The number of benzene rings is 2. The molecule has 1 fully saturated rings. The van der Waals surface area contributed by atoms with Gasteiger partial charge >= 0.3 is 0 Å². The smallest absolute Gasteiger partial charge is 0.280 e. The zero-order chi connectivity index (χ0) is 20.3. The Bertz CT molecular complexity index is 1200. The Labute approximate surface area is 172 Å². The molecule has 29 heavy (non-hydrogen) atoms. The molecule has 2 heterocycles. The lowest BCUT2D eigenvalue weighted by Crippen LogP contribution is -2.26. The summed E-state index contributed by atoms with van der Waals surface area (Å²) in [6.45, 7) is 8.25. The Morgan fingerprint density at radius 1 is 1.17 bits per heavy atom. The second-order valence-corrected chi connectivity index (χ2v) is 9.07. The second kappa shape index (κ2) is 6.45. The minimum Gasteiger partial charge on any atom is -0.297 e. The molecule has 1 aromatic heterocycles. The van der Waals surface area contributed by atoms with Gasteiger partial charge in [0, 0.05) is 0 Å². The van der Waals surface area contributed by atoms with Gasteiger partial charge in [-0.3, -0.25) is 9.36 Å². The van der Waals surface area contributed by atoms with Crippen molar-refractivity contribution < 1.29 is 0 Å². The number of allylic oxidation sites excluding steroid dienone is 1. The van der Waals surface area contributed by atoms with Crippen molar-refractivity contribution >= 4 is 24.2 Å². The minimum absolute atomic E-state index is 0.242. The van der Waals surface area contributed by atoms with Crippen LogP contribution in [0.5, 0.6) is 0 Å². The fourth-order valence-electron chi connectivity index (χ4n) is 5.28. The van der Waals surface area contributed by atoms with E-state index in [1.807, 2.05) is 12.1 Å². The lowest BCUT2D eigenvalue weighted by Gasteiger charge is -2.27. The number of fused-ring (bicyclic) bond motifs is 5. The number of aromatic nitrogens is 2. The van der Waals surface area contributed by atoms with Crippen molar-refractivity contribution in [3.63, 3.8) is 0 Å². The average molecular weight is 380 g/mol. The topological polar surface area (TPSA) is 34.9 Å². The first-order valence-corrected chi connectivity index (χ1v) is 10.5. The maximum atomic E-state index is 12.8. The molecule has 1 aliphatic heterocycles. The third-order valence-electron chi connectivity index (χ3n) is 7.02. The second-order valence-electron chi connectivity index (χ2n) is 9.07. The van der Waals surface area contributed by atoms with Crippen LogP contribution >= 0.6 is 0 Å². The number of nitrogens with zero attached hydrogens (tertiary/aromatic N) is 2. The molecular weight excluding hydrogens is 355 g/mol. The summed E-state index contributed by atoms with van der Waals surface area (Å²) in [5.74, 6) is 2.02. The maximum Gasteiger partial charge on any atom is 0.280 e. The summed E-state index contributed by atoms with van der Waals surface area (Å²) in [6.07, 6.45) is 6.92. The van der Waals surface area contributed by atoms with E-state index in [2.05, 4.69) is 54.3 Å². The van der Waals surface area contributed by atoms with Gasteiger partial charge in [0.2, 0.25) is 0 Å². The highest BCUT2D eigenvalue weighted by Gasteiger charge is 2.39. The van der Waals surface area contributed by atoms with Crippen LogP contribution in [0.15, 0.2) is 53.8 Å². The SMILES string of the molecule is [B]c1cccc2c1c(=O)nc1n2-c2cc(C3CCC(C=C)CC3)ccc2C1(C)C. The van der Waals surface area contributed by atoms with E-state index >= 15 is 0 Å². The van der Waals surface area contributed by atoms with Crippen LogP contribution in [0.2, 0.25) is 0 Å². The van der Waals surface area contributed by atoms with E-state index in [-0.39, 0.29) is 11.0 Å². The Morgan fingerprint density at radius 2 is 1.93 bits per heavy atom. The van der Waals surface area contributed by atoms with Gasteiger partial charge in [-0.25, -0.2) is 0 Å². The van der Waals surface area contributed by atoms with Crippen molar-refractivity contribution in [1.82, 2.24) is 9.55 Å². The minimum atomic E-state index is -0.327. The van der Waals surface area contributed by atoms with E-state index in [9.17, 15) is 4.79 Å². The van der Waals surface area contributed by atoms with Gasteiger partial charge in [0.05, 0.1) is 22.0 Å². The zero-order valence-corrected chi connectivity index (χ0v) is 17.1. The first-order valence-electron chi connectivity index (χ1n) is 10.5. The van der Waals surface area contributed by atoms with Crippen LogP contribution in [0.25, 0.3) is 16.6 Å². The summed E-state index contributed by atoms with van der Waals surface area (Å²) >= 11 is 0. The van der Waals surface area contributed by atoms with Crippen molar-refractivity contribution in [2.24, 2.45) is 5.92 Å². The lowest BCUT2D eigenvalue weighted by molar-refractivity contribution is 0.376. The number of rotatable bonds is 2. The molecule has 2 radical (unpaired) electrons. The van der Waals surface area contributed by atoms with Gasteiger partial charge in [-0.15, -0.1) is 6.58 Å². The molecule has 3 aromatic rings. The fraction of sp³-hybridized carbons (Fsp3) is 0.360. The van der Waals surface area contributed by atoms with Crippen LogP contribution in [0.1, 0.15) is 62.4 Å². The van der Waals surface area contributed by atoms with Crippen molar-refractivity contribution in [2.75, 3.05) is 0 Å². The average Bonchev–Trinajstić information content (AvgIpc) is 2.95. The van der Waals surface area contributed by atoms with Crippen molar-refractivity contribution in [1.29, 1.82) is 0 Å². The number of hydrogen-bond acceptors (Lipinski definition) is 2. The third kappa shape index (κ3) is 2.65.